The molecule has 8 heteroatoms. The molecule has 2 aromatic rings. The number of nitrogens with zero attached hydrogens (tertiary/aromatic N) is 1. The number of nitrogens with one attached hydrogen (secondary N) is 1. The smallest absolute Gasteiger partial charge is 0.258 e. The summed E-state index contributed by atoms with van der Waals surface area (Å²) in [5.74, 6) is -0.353. The van der Waals surface area contributed by atoms with Crippen molar-refractivity contribution >= 4 is 39.2 Å². The molecule has 1 amide bonds. The Kier molecular flexibility index (Phi) is 4.76. The van der Waals surface area contributed by atoms with Crippen molar-refractivity contribution in [1.82, 2.24) is 3.89 Å². The number of hydrogen-bond acceptors (Lipinski definition) is 4. The van der Waals surface area contributed by atoms with E-state index < -0.39 is 14.2 Å². The molecular weight excluding hydrogens is 340 g/mol. The van der Waals surface area contributed by atoms with Crippen molar-refractivity contribution < 1.29 is 17.8 Å². The van der Waals surface area contributed by atoms with Crippen molar-refractivity contribution in [2.45, 2.75) is 0 Å². The molecule has 0 fully saturated rings. The minimum absolute atomic E-state index is 0.267. The Hall–Kier alpha value is -1.93. The Morgan fingerprint density at radius 3 is 2.04 bits per heavy atom. The molecule has 2 aromatic carbocycles. The average molecular weight is 355 g/mol. The average Bonchev–Trinajstić information content (AvgIpc) is 2.48. The number of rotatable bonds is 4. The van der Waals surface area contributed by atoms with Gasteiger partial charge in [0.25, 0.3) is 16.2 Å². The van der Waals surface area contributed by atoms with Gasteiger partial charge in [-0.3, -0.25) is 4.79 Å². The quantitative estimate of drug-likeness (QED) is 0.675. The predicted molar refractivity (Wildman–Crippen MR) is 89.2 cm³/mol. The molecule has 0 atom stereocenters. The second kappa shape index (κ2) is 6.29. The molecule has 0 spiro atoms. The Morgan fingerprint density at radius 1 is 1.04 bits per heavy atom. The van der Waals surface area contributed by atoms with Gasteiger partial charge in [0.1, 0.15) is 5.69 Å². The number of anilines is 1. The summed E-state index contributed by atoms with van der Waals surface area (Å²) in [4.78, 5) is 12.1. The van der Waals surface area contributed by atoms with Gasteiger partial charge in [-0.1, -0.05) is 11.6 Å². The lowest BCUT2D eigenvalue weighted by Gasteiger charge is -2.30. The first-order valence-corrected chi connectivity index (χ1v) is 8.33. The standard InChI is InChI=1S/C15H15ClN2O4S/c1-18(2,23(20,21)22)14-9-3-11(4-10-14)15(19)17-13-7-5-12(16)6-8-13/h3-10H,1-2H3,(H-,17,19,20,21,22). The molecular formula is C15H15ClN2O4S. The molecule has 0 aliphatic carbocycles. The summed E-state index contributed by atoms with van der Waals surface area (Å²) < 4.78 is 33.0. The molecule has 2 rings (SSSR count). The summed E-state index contributed by atoms with van der Waals surface area (Å²) in [6, 6.07) is 12.4. The maximum Gasteiger partial charge on any atom is 0.258 e. The van der Waals surface area contributed by atoms with Crippen LogP contribution < -0.4 is 9.21 Å². The summed E-state index contributed by atoms with van der Waals surface area (Å²) in [7, 11) is -2.03. The number of amides is 1. The maximum atomic E-state index is 12.1. The lowest BCUT2D eigenvalue weighted by molar-refractivity contribution is 0.102. The maximum absolute atomic E-state index is 12.1. The van der Waals surface area contributed by atoms with Crippen LogP contribution in [-0.4, -0.2) is 33.0 Å². The van der Waals surface area contributed by atoms with Crippen molar-refractivity contribution in [2.24, 2.45) is 0 Å². The zero-order valence-electron chi connectivity index (χ0n) is 12.5. The Labute approximate surface area is 139 Å². The lowest BCUT2D eigenvalue weighted by atomic mass is 10.2. The molecule has 122 valence electrons. The van der Waals surface area contributed by atoms with Crippen molar-refractivity contribution in [2.75, 3.05) is 19.4 Å². The van der Waals surface area contributed by atoms with Gasteiger partial charge in [0.05, 0.1) is 14.1 Å². The van der Waals surface area contributed by atoms with Crippen molar-refractivity contribution in [3.8, 4) is 0 Å². The zero-order chi connectivity index (χ0) is 17.3. The molecule has 0 aliphatic rings. The van der Waals surface area contributed by atoms with E-state index in [9.17, 15) is 17.8 Å². The molecule has 6 nitrogen and oxygen atoms in total. The van der Waals surface area contributed by atoms with E-state index in [4.69, 9.17) is 11.6 Å². The summed E-state index contributed by atoms with van der Waals surface area (Å²) in [6.45, 7) is 0. The van der Waals surface area contributed by atoms with Crippen LogP contribution >= 0.6 is 11.6 Å². The van der Waals surface area contributed by atoms with E-state index in [-0.39, 0.29) is 11.6 Å². The minimum atomic E-state index is -4.57. The monoisotopic (exact) mass is 354 g/mol. The van der Waals surface area contributed by atoms with Crippen molar-refractivity contribution in [1.29, 1.82) is 0 Å². The van der Waals surface area contributed by atoms with Gasteiger partial charge < -0.3 is 9.87 Å². The van der Waals surface area contributed by atoms with Crippen LogP contribution in [-0.2, 0) is 10.3 Å². The first kappa shape index (κ1) is 17.4. The fourth-order valence-corrected chi connectivity index (χ4v) is 2.34. The Balaban J connectivity index is 2.19. The molecule has 1 N–H and O–H groups in total. The number of quaternary nitrogens is 1. The van der Waals surface area contributed by atoms with Crippen LogP contribution in [0.15, 0.2) is 48.5 Å². The van der Waals surface area contributed by atoms with E-state index >= 15 is 0 Å². The Bertz CT molecular complexity index is 816. The van der Waals surface area contributed by atoms with Crippen LogP contribution in [0.25, 0.3) is 0 Å². The number of carbonyl (C=O) groups excluding carboxylic acids is 1. The summed E-state index contributed by atoms with van der Waals surface area (Å²) >= 11 is 5.77. The molecule has 0 aliphatic heterocycles. The first-order chi connectivity index (χ1) is 10.6. The summed E-state index contributed by atoms with van der Waals surface area (Å²) in [6.07, 6.45) is 0. The third-order valence-corrected chi connectivity index (χ3v) is 4.99. The molecule has 0 heterocycles. The third-order valence-electron chi connectivity index (χ3n) is 3.41. The lowest BCUT2D eigenvalue weighted by Crippen LogP contribution is -2.46. The topological polar surface area (TPSA) is 86.3 Å². The van der Waals surface area contributed by atoms with Crippen LogP contribution in [0.3, 0.4) is 0 Å². The fraction of sp³-hybridized carbons (Fsp3) is 0.133. The van der Waals surface area contributed by atoms with E-state index in [0.29, 0.717) is 16.3 Å². The molecule has 0 saturated heterocycles. The van der Waals surface area contributed by atoms with Gasteiger partial charge in [-0.15, -0.1) is 0 Å². The second-order valence-corrected chi connectivity index (χ2v) is 7.49. The predicted octanol–water partition coefficient (Wildman–Crippen LogP) is 2.62. The van der Waals surface area contributed by atoms with Crippen LogP contribution in [0.5, 0.6) is 0 Å². The van der Waals surface area contributed by atoms with E-state index in [0.717, 1.165) is 0 Å². The first-order valence-electron chi connectivity index (χ1n) is 6.59. The second-order valence-electron chi connectivity index (χ2n) is 5.29. The highest BCUT2D eigenvalue weighted by atomic mass is 35.5. The molecule has 0 radical (unpaired) electrons. The van der Waals surface area contributed by atoms with Gasteiger partial charge in [-0.2, -0.15) is 8.42 Å². The number of halogens is 1. The van der Waals surface area contributed by atoms with E-state index in [1.807, 2.05) is 0 Å². The largest absolute Gasteiger partial charge is 0.701 e. The molecule has 0 saturated carbocycles. The Morgan fingerprint density at radius 2 is 1.57 bits per heavy atom. The summed E-state index contributed by atoms with van der Waals surface area (Å²) in [5.41, 5.74) is 1.19. The van der Waals surface area contributed by atoms with Gasteiger partial charge in [0, 0.05) is 28.4 Å². The van der Waals surface area contributed by atoms with Crippen molar-refractivity contribution in [3.05, 3.63) is 59.1 Å². The van der Waals surface area contributed by atoms with E-state index in [1.54, 1.807) is 24.3 Å². The molecule has 0 unspecified atom stereocenters. The zero-order valence-corrected chi connectivity index (χ0v) is 14.1. The normalized spacial score (nSPS) is 12.0. The number of carbonyl (C=O) groups is 1. The van der Waals surface area contributed by atoms with E-state index in [2.05, 4.69) is 5.32 Å². The van der Waals surface area contributed by atoms with Crippen LogP contribution in [0.2, 0.25) is 5.02 Å². The SMILES string of the molecule is C[N+](C)(c1ccc(C(=O)Nc2ccc(Cl)cc2)cc1)S(=O)(=O)[O-]. The third kappa shape index (κ3) is 3.89. The molecule has 0 bridgehead atoms. The van der Waals surface area contributed by atoms with E-state index in [1.165, 1.54) is 38.4 Å². The molecule has 23 heavy (non-hydrogen) atoms. The highest BCUT2D eigenvalue weighted by Crippen LogP contribution is 2.23. The van der Waals surface area contributed by atoms with Gasteiger partial charge in [0.15, 0.2) is 0 Å². The van der Waals surface area contributed by atoms with Crippen molar-refractivity contribution in [3.63, 3.8) is 0 Å². The van der Waals surface area contributed by atoms with Gasteiger partial charge in [-0.25, -0.2) is 3.89 Å². The van der Waals surface area contributed by atoms with Gasteiger partial charge >= 0.3 is 0 Å². The van der Waals surface area contributed by atoms with Gasteiger partial charge in [0.2, 0.25) is 0 Å². The molecule has 0 aromatic heterocycles. The van der Waals surface area contributed by atoms with Crippen LogP contribution in [0.4, 0.5) is 11.4 Å². The van der Waals surface area contributed by atoms with Gasteiger partial charge in [-0.05, 0) is 36.4 Å². The highest BCUT2D eigenvalue weighted by molar-refractivity contribution is 7.85. The number of benzene rings is 2. The highest BCUT2D eigenvalue weighted by Gasteiger charge is 2.27. The summed E-state index contributed by atoms with van der Waals surface area (Å²) in [5, 5.41) is 3.25. The fourth-order valence-electron chi connectivity index (χ4n) is 1.84. The number of hydrogen-bond donors (Lipinski definition) is 1. The van der Waals surface area contributed by atoms with Crippen LogP contribution in [0, 0.1) is 0 Å². The van der Waals surface area contributed by atoms with Crippen LogP contribution in [0.1, 0.15) is 10.4 Å². The minimum Gasteiger partial charge on any atom is -0.701 e.